The van der Waals surface area contributed by atoms with Gasteiger partial charge in [0, 0.05) is 5.69 Å². The van der Waals surface area contributed by atoms with E-state index < -0.39 is 0 Å². The van der Waals surface area contributed by atoms with E-state index in [1.807, 2.05) is 13.0 Å². The van der Waals surface area contributed by atoms with Gasteiger partial charge in [0.2, 0.25) is 5.91 Å². The first kappa shape index (κ1) is 13.6. The molecule has 1 aliphatic rings. The summed E-state index contributed by atoms with van der Waals surface area (Å²) in [4.78, 5) is 14.4. The summed E-state index contributed by atoms with van der Waals surface area (Å²) in [6.07, 6.45) is 3.60. The van der Waals surface area contributed by atoms with Crippen LogP contribution in [0.2, 0.25) is 0 Å². The molecule has 0 radical (unpaired) electrons. The maximum atomic E-state index is 12.2. The molecule has 1 N–H and O–H groups in total. The second-order valence-corrected chi connectivity index (χ2v) is 4.95. The van der Waals surface area contributed by atoms with E-state index in [2.05, 4.69) is 16.3 Å². The number of carbonyl (C=O) groups excluding carboxylic acids is 1. The van der Waals surface area contributed by atoms with Crippen LogP contribution in [0, 0.1) is 11.3 Å². The van der Waals surface area contributed by atoms with E-state index in [9.17, 15) is 4.79 Å². The maximum absolute atomic E-state index is 12.2. The number of nitrogens with zero attached hydrogens (tertiary/aromatic N) is 2. The van der Waals surface area contributed by atoms with Gasteiger partial charge in [0.05, 0.1) is 17.7 Å². The highest BCUT2D eigenvalue weighted by atomic mass is 16.2. The number of anilines is 1. The molecule has 2 rings (SSSR count). The minimum Gasteiger partial charge on any atom is -0.325 e. The van der Waals surface area contributed by atoms with Crippen LogP contribution in [0.4, 0.5) is 5.69 Å². The van der Waals surface area contributed by atoms with Crippen LogP contribution in [-0.4, -0.2) is 29.9 Å². The predicted molar refractivity (Wildman–Crippen MR) is 74.7 cm³/mol. The topological polar surface area (TPSA) is 56.1 Å². The highest BCUT2D eigenvalue weighted by Crippen LogP contribution is 2.15. The van der Waals surface area contributed by atoms with Gasteiger partial charge in [-0.3, -0.25) is 9.69 Å². The third-order valence-corrected chi connectivity index (χ3v) is 3.58. The monoisotopic (exact) mass is 257 g/mol. The van der Waals surface area contributed by atoms with E-state index in [-0.39, 0.29) is 11.9 Å². The van der Waals surface area contributed by atoms with Crippen molar-refractivity contribution in [2.75, 3.05) is 18.4 Å². The predicted octanol–water partition coefficient (Wildman–Crippen LogP) is 2.37. The summed E-state index contributed by atoms with van der Waals surface area (Å²) in [5.41, 5.74) is 1.25. The van der Waals surface area contributed by atoms with Crippen molar-refractivity contribution in [3.05, 3.63) is 29.8 Å². The minimum absolute atomic E-state index is 0.00279. The van der Waals surface area contributed by atoms with Crippen LogP contribution in [0.25, 0.3) is 0 Å². The summed E-state index contributed by atoms with van der Waals surface area (Å²) in [5, 5.41) is 11.7. The first-order valence-electron chi connectivity index (χ1n) is 6.76. The molecule has 19 heavy (non-hydrogen) atoms. The number of piperidine rings is 1. The molecular formula is C15H19N3O. The Morgan fingerprint density at radius 3 is 2.79 bits per heavy atom. The van der Waals surface area contributed by atoms with E-state index in [1.165, 1.54) is 19.3 Å². The van der Waals surface area contributed by atoms with Gasteiger partial charge in [-0.15, -0.1) is 0 Å². The van der Waals surface area contributed by atoms with Gasteiger partial charge in [0.15, 0.2) is 0 Å². The Morgan fingerprint density at radius 1 is 1.37 bits per heavy atom. The molecule has 1 heterocycles. The summed E-state index contributed by atoms with van der Waals surface area (Å²) < 4.78 is 0. The van der Waals surface area contributed by atoms with Crippen molar-refractivity contribution in [2.24, 2.45) is 0 Å². The standard InChI is InChI=1S/C15H19N3O/c1-12(18-8-3-2-4-9-18)15(19)17-14-7-5-6-13(10-14)11-16/h5-7,10,12H,2-4,8-9H2,1H3,(H,17,19)/t12-/m1/s1. The lowest BCUT2D eigenvalue weighted by Gasteiger charge is -2.31. The largest absolute Gasteiger partial charge is 0.325 e. The van der Waals surface area contributed by atoms with Crippen molar-refractivity contribution >= 4 is 11.6 Å². The molecule has 1 aliphatic heterocycles. The highest BCUT2D eigenvalue weighted by molar-refractivity contribution is 5.94. The van der Waals surface area contributed by atoms with Crippen molar-refractivity contribution in [2.45, 2.75) is 32.2 Å². The van der Waals surface area contributed by atoms with Gasteiger partial charge in [0.25, 0.3) is 0 Å². The summed E-state index contributed by atoms with van der Waals surface area (Å²) in [7, 11) is 0. The van der Waals surface area contributed by atoms with Gasteiger partial charge >= 0.3 is 0 Å². The summed E-state index contributed by atoms with van der Waals surface area (Å²) in [6.45, 7) is 3.93. The zero-order valence-electron chi connectivity index (χ0n) is 11.2. The number of hydrogen-bond acceptors (Lipinski definition) is 3. The molecule has 0 bridgehead atoms. The van der Waals surface area contributed by atoms with Crippen molar-refractivity contribution in [3.8, 4) is 6.07 Å². The first-order chi connectivity index (χ1) is 9.20. The van der Waals surface area contributed by atoms with Crippen molar-refractivity contribution in [1.29, 1.82) is 5.26 Å². The van der Waals surface area contributed by atoms with Crippen LogP contribution in [-0.2, 0) is 4.79 Å². The number of hydrogen-bond donors (Lipinski definition) is 1. The molecule has 1 aromatic rings. The average molecular weight is 257 g/mol. The lowest BCUT2D eigenvalue weighted by molar-refractivity contribution is -0.121. The fourth-order valence-corrected chi connectivity index (χ4v) is 2.38. The third-order valence-electron chi connectivity index (χ3n) is 3.58. The Kier molecular flexibility index (Phi) is 4.53. The number of nitriles is 1. The molecule has 1 saturated heterocycles. The Bertz CT molecular complexity index is 486. The first-order valence-corrected chi connectivity index (χ1v) is 6.76. The number of likely N-dealkylation sites (tertiary alicyclic amines) is 1. The molecule has 0 aliphatic carbocycles. The van der Waals surface area contributed by atoms with Gasteiger partial charge in [-0.25, -0.2) is 0 Å². The lowest BCUT2D eigenvalue weighted by atomic mass is 10.1. The van der Waals surface area contributed by atoms with Crippen molar-refractivity contribution in [1.82, 2.24) is 4.90 Å². The van der Waals surface area contributed by atoms with Crippen molar-refractivity contribution < 1.29 is 4.79 Å². The van der Waals surface area contributed by atoms with Crippen LogP contribution in [0.15, 0.2) is 24.3 Å². The fraction of sp³-hybridized carbons (Fsp3) is 0.467. The van der Waals surface area contributed by atoms with Gasteiger partial charge < -0.3 is 5.32 Å². The zero-order valence-corrected chi connectivity index (χ0v) is 11.2. The molecule has 0 unspecified atom stereocenters. The number of nitrogens with one attached hydrogen (secondary N) is 1. The van der Waals surface area contributed by atoms with Gasteiger partial charge in [-0.1, -0.05) is 12.5 Å². The molecule has 100 valence electrons. The minimum atomic E-state index is -0.119. The molecule has 4 heteroatoms. The maximum Gasteiger partial charge on any atom is 0.241 e. The lowest BCUT2D eigenvalue weighted by Crippen LogP contribution is -2.44. The Labute approximate surface area is 114 Å². The average Bonchev–Trinajstić information content (AvgIpc) is 2.47. The SMILES string of the molecule is C[C@H](C(=O)Nc1cccc(C#N)c1)N1CCCCC1. The number of amides is 1. The molecule has 1 fully saturated rings. The zero-order chi connectivity index (χ0) is 13.7. The molecule has 0 spiro atoms. The van der Waals surface area contributed by atoms with Crippen molar-refractivity contribution in [3.63, 3.8) is 0 Å². The molecule has 0 saturated carbocycles. The van der Waals surface area contributed by atoms with Crippen LogP contribution >= 0.6 is 0 Å². The normalized spacial score (nSPS) is 17.5. The Balaban J connectivity index is 1.97. The molecule has 1 amide bonds. The Morgan fingerprint density at radius 2 is 2.11 bits per heavy atom. The van der Waals surface area contributed by atoms with Gasteiger partial charge in [0.1, 0.15) is 0 Å². The molecule has 0 aromatic heterocycles. The summed E-state index contributed by atoms with van der Waals surface area (Å²) >= 11 is 0. The van der Waals surface area contributed by atoms with Crippen LogP contribution in [0.3, 0.4) is 0 Å². The second-order valence-electron chi connectivity index (χ2n) is 4.95. The number of carbonyl (C=O) groups is 1. The quantitative estimate of drug-likeness (QED) is 0.904. The second kappa shape index (κ2) is 6.35. The van der Waals surface area contributed by atoms with E-state index in [1.54, 1.807) is 18.2 Å². The number of rotatable bonds is 3. The molecule has 1 aromatic carbocycles. The van der Waals surface area contributed by atoms with E-state index in [0.29, 0.717) is 11.3 Å². The van der Waals surface area contributed by atoms with Gasteiger partial charge in [-0.2, -0.15) is 5.26 Å². The Hall–Kier alpha value is -1.86. The number of benzene rings is 1. The summed E-state index contributed by atoms with van der Waals surface area (Å²) in [5.74, 6) is -0.00279. The fourth-order valence-electron chi connectivity index (χ4n) is 2.38. The van der Waals surface area contributed by atoms with E-state index in [0.717, 1.165) is 13.1 Å². The molecule has 1 atom stereocenters. The van der Waals surface area contributed by atoms with Crippen LogP contribution in [0.1, 0.15) is 31.7 Å². The summed E-state index contributed by atoms with van der Waals surface area (Å²) in [6, 6.07) is 8.96. The van der Waals surface area contributed by atoms with E-state index in [4.69, 9.17) is 5.26 Å². The van der Waals surface area contributed by atoms with Gasteiger partial charge in [-0.05, 0) is 51.1 Å². The molecule has 4 nitrogen and oxygen atoms in total. The highest BCUT2D eigenvalue weighted by Gasteiger charge is 2.22. The van der Waals surface area contributed by atoms with Crippen LogP contribution < -0.4 is 5.32 Å². The van der Waals surface area contributed by atoms with Crippen LogP contribution in [0.5, 0.6) is 0 Å². The molecular weight excluding hydrogens is 238 g/mol. The smallest absolute Gasteiger partial charge is 0.241 e. The van der Waals surface area contributed by atoms with E-state index >= 15 is 0 Å². The third kappa shape index (κ3) is 3.55.